The third-order valence-electron chi connectivity index (χ3n) is 8.48. The number of ether oxygens (including phenoxy) is 1. The Morgan fingerprint density at radius 3 is 1.78 bits per heavy atom. The summed E-state index contributed by atoms with van der Waals surface area (Å²) in [7, 11) is 0. The van der Waals surface area contributed by atoms with Crippen LogP contribution < -0.4 is 31.3 Å². The number of aromatic hydroxyl groups is 1. The van der Waals surface area contributed by atoms with Crippen LogP contribution in [0.2, 0.25) is 5.02 Å². The molecule has 5 amide bonds. The molecular weight excluding hydrogens is 792 g/mol. The number of anilines is 4. The van der Waals surface area contributed by atoms with Gasteiger partial charge < -0.3 is 41.5 Å². The Morgan fingerprint density at radius 2 is 1.23 bits per heavy atom. The molecule has 0 aliphatic rings. The fourth-order valence-corrected chi connectivity index (χ4v) is 5.68. The lowest BCUT2D eigenvalue weighted by atomic mass is 10.1. The third kappa shape index (κ3) is 10.8. The number of carbonyl (C=O) groups is 6. The second-order valence-electron chi connectivity index (χ2n) is 13.1. The summed E-state index contributed by atoms with van der Waals surface area (Å²) < 4.78 is 5.77. The first-order valence-corrected chi connectivity index (χ1v) is 18.3. The van der Waals surface area contributed by atoms with Gasteiger partial charge in [-0.15, -0.1) is 12.3 Å². The van der Waals surface area contributed by atoms with E-state index < -0.39 is 53.4 Å². The number of phenolic OH excluding ortho intramolecular Hbond substituents is 1. The lowest BCUT2D eigenvalue weighted by molar-refractivity contribution is -0.117. The van der Waals surface area contributed by atoms with Gasteiger partial charge in [0.2, 0.25) is 5.91 Å². The van der Waals surface area contributed by atoms with E-state index in [4.69, 9.17) is 33.1 Å². The van der Waals surface area contributed by atoms with Crippen LogP contribution in [0.15, 0.2) is 103 Å². The number of halogens is 1. The Balaban J connectivity index is 1.21. The Bertz CT molecular complexity index is 2560. The van der Waals surface area contributed by atoms with E-state index in [-0.39, 0.29) is 67.8 Å². The van der Waals surface area contributed by atoms with Crippen LogP contribution in [0.1, 0.15) is 77.6 Å². The van der Waals surface area contributed by atoms with E-state index in [0.717, 1.165) is 0 Å². The Kier molecular flexibility index (Phi) is 13.9. The number of aromatic carboxylic acids is 1. The first-order chi connectivity index (χ1) is 28.7. The molecule has 15 nitrogen and oxygen atoms in total. The molecule has 0 saturated carbocycles. The maximum atomic E-state index is 13.3. The van der Waals surface area contributed by atoms with Gasteiger partial charge in [0, 0.05) is 34.5 Å². The maximum Gasteiger partial charge on any atom is 0.335 e. The minimum absolute atomic E-state index is 0.0256. The Labute approximate surface area is 348 Å². The predicted molar refractivity (Wildman–Crippen MR) is 224 cm³/mol. The molecule has 0 unspecified atom stereocenters. The number of carboxylic acids is 1. The van der Waals surface area contributed by atoms with E-state index in [1.807, 2.05) is 6.07 Å². The van der Waals surface area contributed by atoms with Gasteiger partial charge in [-0.2, -0.15) is 5.26 Å². The minimum Gasteiger partial charge on any atom is -0.504 e. The van der Waals surface area contributed by atoms with Gasteiger partial charge in [-0.3, -0.25) is 24.0 Å². The SMILES string of the molecule is C#CC[C@H](NC(=O)c1ccc(NC(=O)c2ccc(C#N)cc2)c(Cl)c1)C(=O)Nc1ccc(C(=O)Nc2ccc(C(=O)Nc3ccc(C(=O)O)cc3)c(O)c2OC(C)C)cc1. The summed E-state index contributed by atoms with van der Waals surface area (Å²) in [5.41, 5.74) is 1.60. The molecule has 0 aliphatic heterocycles. The zero-order chi connectivity index (χ0) is 43.5. The summed E-state index contributed by atoms with van der Waals surface area (Å²) >= 11 is 6.37. The van der Waals surface area contributed by atoms with Crippen LogP contribution >= 0.6 is 11.6 Å². The fourth-order valence-electron chi connectivity index (χ4n) is 5.45. The molecule has 16 heteroatoms. The van der Waals surface area contributed by atoms with E-state index in [0.29, 0.717) is 5.56 Å². The summed E-state index contributed by atoms with van der Waals surface area (Å²) in [6, 6.07) is 24.7. The smallest absolute Gasteiger partial charge is 0.335 e. The fraction of sp³-hybridized carbons (Fsp3) is 0.114. The van der Waals surface area contributed by atoms with Crippen LogP contribution in [-0.2, 0) is 4.79 Å². The summed E-state index contributed by atoms with van der Waals surface area (Å²) in [5.74, 6) is -2.61. The number of rotatable bonds is 14. The number of benzene rings is 5. The van der Waals surface area contributed by atoms with Gasteiger partial charge in [-0.25, -0.2) is 4.79 Å². The molecule has 1 atom stereocenters. The molecule has 5 aromatic carbocycles. The number of amides is 5. The van der Waals surface area contributed by atoms with Gasteiger partial charge in [0.1, 0.15) is 6.04 Å². The normalized spacial score (nSPS) is 10.9. The number of phenols is 1. The summed E-state index contributed by atoms with van der Waals surface area (Å²) in [5, 5.41) is 42.3. The topological polar surface area (TPSA) is 236 Å². The van der Waals surface area contributed by atoms with E-state index >= 15 is 0 Å². The number of carbonyl (C=O) groups excluding carboxylic acids is 5. The highest BCUT2D eigenvalue weighted by Crippen LogP contribution is 2.39. The van der Waals surface area contributed by atoms with Crippen LogP contribution in [0.5, 0.6) is 11.5 Å². The molecule has 0 radical (unpaired) electrons. The zero-order valence-corrected chi connectivity index (χ0v) is 32.6. The number of terminal acetylenes is 1. The molecule has 5 rings (SSSR count). The van der Waals surface area contributed by atoms with Crippen LogP contribution in [0.25, 0.3) is 0 Å². The van der Waals surface area contributed by atoms with Crippen molar-refractivity contribution >= 4 is 69.9 Å². The lowest BCUT2D eigenvalue weighted by Crippen LogP contribution is -2.43. The van der Waals surface area contributed by atoms with Gasteiger partial charge in [-0.1, -0.05) is 11.6 Å². The number of hydrogen-bond donors (Lipinski definition) is 7. The maximum absolute atomic E-state index is 13.3. The highest BCUT2D eigenvalue weighted by molar-refractivity contribution is 6.34. The Morgan fingerprint density at radius 1 is 0.700 bits per heavy atom. The number of nitrogens with one attached hydrogen (secondary N) is 5. The van der Waals surface area contributed by atoms with E-state index in [1.54, 1.807) is 13.8 Å². The molecule has 0 heterocycles. The second-order valence-corrected chi connectivity index (χ2v) is 13.5. The quantitative estimate of drug-likeness (QED) is 0.0571. The van der Waals surface area contributed by atoms with Gasteiger partial charge >= 0.3 is 5.97 Å². The highest BCUT2D eigenvalue weighted by atomic mass is 35.5. The van der Waals surface area contributed by atoms with Crippen molar-refractivity contribution in [2.24, 2.45) is 0 Å². The monoisotopic (exact) mass is 826 g/mol. The average Bonchev–Trinajstić information content (AvgIpc) is 3.22. The third-order valence-corrected chi connectivity index (χ3v) is 8.79. The van der Waals surface area contributed by atoms with Crippen molar-refractivity contribution in [1.29, 1.82) is 5.26 Å². The van der Waals surface area contributed by atoms with Gasteiger partial charge in [0.15, 0.2) is 11.5 Å². The molecule has 0 fully saturated rings. The predicted octanol–water partition coefficient (Wildman–Crippen LogP) is 6.92. The molecule has 5 aromatic rings. The van der Waals surface area contributed by atoms with Gasteiger partial charge in [0.25, 0.3) is 23.6 Å². The van der Waals surface area contributed by atoms with Crippen LogP contribution in [-0.4, -0.2) is 57.9 Å². The van der Waals surface area contributed by atoms with Gasteiger partial charge in [0.05, 0.1) is 45.3 Å². The second kappa shape index (κ2) is 19.3. The van der Waals surface area contributed by atoms with Crippen LogP contribution in [0.3, 0.4) is 0 Å². The number of carboxylic acid groups (broad SMARTS) is 1. The number of nitrogens with zero attached hydrogens (tertiary/aromatic N) is 1. The molecule has 0 aromatic heterocycles. The molecule has 0 spiro atoms. The van der Waals surface area contributed by atoms with Crippen LogP contribution in [0, 0.1) is 23.7 Å². The number of nitriles is 1. The number of hydrogen-bond acceptors (Lipinski definition) is 9. The lowest BCUT2D eigenvalue weighted by Gasteiger charge is -2.18. The highest BCUT2D eigenvalue weighted by Gasteiger charge is 2.24. The minimum atomic E-state index is -1.17. The van der Waals surface area contributed by atoms with Crippen molar-refractivity contribution in [3.63, 3.8) is 0 Å². The van der Waals surface area contributed by atoms with Gasteiger partial charge in [-0.05, 0) is 117 Å². The molecule has 302 valence electrons. The van der Waals surface area contributed by atoms with Crippen molar-refractivity contribution < 1.29 is 43.7 Å². The summed E-state index contributed by atoms with van der Waals surface area (Å²) in [6.07, 6.45) is 4.85. The van der Waals surface area contributed by atoms with Crippen molar-refractivity contribution in [3.05, 3.63) is 142 Å². The summed E-state index contributed by atoms with van der Waals surface area (Å²) in [6.45, 7) is 3.37. The van der Waals surface area contributed by atoms with Crippen molar-refractivity contribution in [2.45, 2.75) is 32.4 Å². The molecule has 0 aliphatic carbocycles. The molecule has 60 heavy (non-hydrogen) atoms. The van der Waals surface area contributed by atoms with E-state index in [1.165, 1.54) is 103 Å². The zero-order valence-electron chi connectivity index (χ0n) is 31.8. The first kappa shape index (κ1) is 43.0. The molecule has 0 bridgehead atoms. The Hall–Kier alpha value is -8.14. The van der Waals surface area contributed by atoms with Crippen molar-refractivity contribution in [1.82, 2.24) is 5.32 Å². The first-order valence-electron chi connectivity index (χ1n) is 17.9. The molecule has 0 saturated heterocycles. The van der Waals surface area contributed by atoms with Crippen molar-refractivity contribution in [3.8, 4) is 29.9 Å². The van der Waals surface area contributed by atoms with E-state index in [9.17, 15) is 33.9 Å². The molecular formula is C44H35ClN6O9. The van der Waals surface area contributed by atoms with E-state index in [2.05, 4.69) is 32.5 Å². The average molecular weight is 827 g/mol. The van der Waals surface area contributed by atoms with Crippen molar-refractivity contribution in [2.75, 3.05) is 21.3 Å². The standard InChI is InChI=1S/C44H35ClN6O9/c1-4-5-36(51-41(55)29-14-20-34(33(45)22-29)49-39(53)26-8-6-25(23-46)7-9-26)43(57)48-31-15-10-27(11-16-31)40(54)50-35-21-19-32(37(52)38(35)60-24(2)3)42(56)47-30-17-12-28(13-18-30)44(58)59/h1,6-22,24,36,52H,5H2,2-3H3,(H,47,56)(H,48,57)(H,49,53)(H,50,54)(H,51,55)(H,58,59)/t36-/m0/s1. The molecule has 7 N–H and O–H groups in total. The summed E-state index contributed by atoms with van der Waals surface area (Å²) in [4.78, 5) is 76.5. The van der Waals surface area contributed by atoms with Crippen LogP contribution in [0.4, 0.5) is 22.7 Å². The largest absolute Gasteiger partial charge is 0.504 e.